The summed E-state index contributed by atoms with van der Waals surface area (Å²) in [5.41, 5.74) is 4.06. The van der Waals surface area contributed by atoms with Gasteiger partial charge in [0.15, 0.2) is 0 Å². The van der Waals surface area contributed by atoms with Crippen molar-refractivity contribution < 1.29 is 95.2 Å². The maximum absolute atomic E-state index is 12.6. The van der Waals surface area contributed by atoms with Crippen LogP contribution in [-0.4, -0.2) is 215 Å². The van der Waals surface area contributed by atoms with Gasteiger partial charge in [-0.05, 0) is 73.6 Å². The van der Waals surface area contributed by atoms with Crippen LogP contribution in [-0.2, 0) is 140 Å². The predicted molar refractivity (Wildman–Crippen MR) is 440 cm³/mol. The molecule has 0 aliphatic rings. The number of rotatable bonds is 39. The molecule has 0 aliphatic heterocycles. The van der Waals surface area contributed by atoms with Gasteiger partial charge in [-0.3, -0.25) is 38.4 Å². The monoisotopic (exact) mass is 1560 g/mol. The van der Waals surface area contributed by atoms with Crippen LogP contribution in [0.3, 0.4) is 0 Å². The van der Waals surface area contributed by atoms with Crippen molar-refractivity contribution in [1.29, 1.82) is 0 Å². The van der Waals surface area contributed by atoms with Gasteiger partial charge in [0.25, 0.3) is 0 Å². The molecule has 0 bridgehead atoms. The number of carbonyl (C=O) groups excluding carboxylic acids is 8. The lowest BCUT2D eigenvalue weighted by Gasteiger charge is -2.25. The summed E-state index contributed by atoms with van der Waals surface area (Å²) in [6.07, 6.45) is 7.58. The van der Waals surface area contributed by atoms with E-state index >= 15 is 0 Å². The van der Waals surface area contributed by atoms with Gasteiger partial charge in [0.2, 0.25) is 0 Å². The van der Waals surface area contributed by atoms with Gasteiger partial charge in [-0.15, -0.1) is 0 Å². The highest BCUT2D eigenvalue weighted by molar-refractivity contribution is 7.74. The molecule has 4 atom stereocenters. The van der Waals surface area contributed by atoms with E-state index in [-0.39, 0.29) is 108 Å². The van der Waals surface area contributed by atoms with E-state index in [4.69, 9.17) is 56.8 Å². The van der Waals surface area contributed by atoms with Gasteiger partial charge in [0.1, 0.15) is 67.9 Å². The molecule has 0 aromatic heterocycles. The van der Waals surface area contributed by atoms with Crippen molar-refractivity contribution in [2.45, 2.75) is 113 Å². The maximum Gasteiger partial charge on any atom is 0.317 e. The smallest absolute Gasteiger partial charge is 0.317 e. The number of hydrogen-bond donors (Lipinski definition) is 0. The molecule has 0 radical (unpaired) electrons. The largest absolute Gasteiger partial charge is 0.465 e. The lowest BCUT2D eigenvalue weighted by atomic mass is 9.93. The zero-order valence-electron chi connectivity index (χ0n) is 69.7. The summed E-state index contributed by atoms with van der Waals surface area (Å²) in [4.78, 5) is 93.6. The van der Waals surface area contributed by atoms with Crippen molar-refractivity contribution in [1.82, 2.24) is 0 Å². The molecule has 0 amide bonds. The average Bonchev–Trinajstić information content (AvgIpc) is 0.861. The summed E-state index contributed by atoms with van der Waals surface area (Å²) in [7, 11) is 2.29. The summed E-state index contributed by atoms with van der Waals surface area (Å²) >= 11 is 0. The molecule has 604 valence electrons. The Balaban J connectivity index is -0.000000653. The van der Waals surface area contributed by atoms with Crippen LogP contribution in [0, 0.1) is 51.4 Å². The number of methoxy groups -OCH3 is 4. The van der Waals surface area contributed by atoms with E-state index in [1.807, 2.05) is 36.4 Å². The standard InChI is InChI=1S/C25H34O5P.C20H32O5P.C19H30O5P.C14H28O5P.4CH3/c1-20(26)30-19-25(2,18-28-3)24(27)29-15-21-11-13-23(14-12-21)17-31(4,5)16-22-9-7-6-8-10-22;1-7-26(5,6)13-18-10-8-17(9-11-18)12-24-19(22)20(3,14-23-4)15-25-16(2)21;1-15(20)24-14-19(2,13-22-3)18(21)23-11-16-7-9-17(10-8-16)12-25(4,5)6;1-12(15)19-11-14(2,10-17-3)13(16)18-8-7-9-20(4,5)6;;;;/h6-14H,15-19H2,1-5H3;8-11H,7,12-15H2,1-6H3;7-10H,11-14H2,1-6H3;7-11H2,1-6H3;4*1H3/q4*+1;4*-1. The fourth-order valence-electron chi connectivity index (χ4n) is 9.81. The van der Waals surface area contributed by atoms with Gasteiger partial charge >= 0.3 is 47.8 Å². The van der Waals surface area contributed by atoms with Crippen LogP contribution in [0.25, 0.3) is 0 Å². The van der Waals surface area contributed by atoms with Crippen LogP contribution in [0.15, 0.2) is 103 Å². The average molecular weight is 1570 g/mol. The first-order chi connectivity index (χ1) is 47.4. The van der Waals surface area contributed by atoms with Crippen molar-refractivity contribution in [3.8, 4) is 0 Å². The second-order valence-corrected chi connectivity index (χ2v) is 49.6. The molecule has 106 heavy (non-hydrogen) atoms. The second kappa shape index (κ2) is 52.3. The van der Waals surface area contributed by atoms with E-state index < -0.39 is 92.5 Å². The third kappa shape index (κ3) is 45.9. The SMILES string of the molecule is CC[P+](C)(C)Cc1ccc(COC(=O)C(C)(COC)COC(C)=O)cc1.COCC(C)(COC(C)=O)C(=O)OCCC[P+](C)(C)C.COCC(C)(COC(C)=O)C(=O)OCc1ccc(C[P+](C)(C)C)cc1.COCC(C)(COC(C)=O)C(=O)OCc1ccc(C[P+](C)(C)Cc2ccccc2)cc1.[CH3-].[CH3-].[CH3-].[CH3-]. The van der Waals surface area contributed by atoms with Crippen molar-refractivity contribution in [2.24, 2.45) is 21.7 Å². The van der Waals surface area contributed by atoms with Gasteiger partial charge in [0.05, 0.1) is 70.0 Å². The topological polar surface area (TPSA) is 247 Å². The van der Waals surface area contributed by atoms with Crippen LogP contribution < -0.4 is 0 Å². The second-order valence-electron chi connectivity index (χ2n) is 30.4. The molecule has 0 N–H and O–H groups in total. The highest BCUT2D eigenvalue weighted by atomic mass is 31.2. The number of esters is 8. The zero-order valence-corrected chi connectivity index (χ0v) is 73.3. The molecule has 0 spiro atoms. The number of ether oxygens (including phenoxy) is 12. The van der Waals surface area contributed by atoms with E-state index in [0.29, 0.717) is 6.61 Å². The zero-order chi connectivity index (χ0) is 77.6. The van der Waals surface area contributed by atoms with Crippen LogP contribution >= 0.6 is 29.0 Å². The molecule has 0 heterocycles. The third-order valence-electron chi connectivity index (χ3n) is 15.8. The predicted octanol–water partition coefficient (Wildman–Crippen LogP) is 15.9. The molecule has 4 aromatic rings. The molecule has 20 nitrogen and oxygen atoms in total. The Kier molecular flexibility index (Phi) is 52.6. The summed E-state index contributed by atoms with van der Waals surface area (Å²) in [6.45, 7) is 38.5. The minimum Gasteiger partial charge on any atom is -0.465 e. The summed E-state index contributed by atoms with van der Waals surface area (Å²) < 4.78 is 61.9. The molecule has 24 heteroatoms. The first-order valence-corrected chi connectivity index (χ1v) is 46.9. The Hall–Kier alpha value is -5.80. The first kappa shape index (κ1) is 107. The van der Waals surface area contributed by atoms with E-state index in [1.54, 1.807) is 27.7 Å². The fourth-order valence-corrected chi connectivity index (χ4v) is 16.1. The molecule has 0 aliphatic carbocycles. The fraction of sp³-hybridized carbons (Fsp3) is 0.561. The Morgan fingerprint density at radius 2 is 0.557 bits per heavy atom. The van der Waals surface area contributed by atoms with Gasteiger partial charge in [-0.1, -0.05) is 103 Å². The normalized spacial score (nSPS) is 13.3. The summed E-state index contributed by atoms with van der Waals surface area (Å²) in [5.74, 6) is -3.45. The van der Waals surface area contributed by atoms with E-state index in [1.165, 1.54) is 84.5 Å². The highest BCUT2D eigenvalue weighted by Crippen LogP contribution is 2.57. The minimum absolute atomic E-state index is 0. The van der Waals surface area contributed by atoms with Crippen LogP contribution in [0.1, 0.15) is 108 Å². The Morgan fingerprint density at radius 1 is 0.311 bits per heavy atom. The quantitative estimate of drug-likeness (QED) is 0.0132. The van der Waals surface area contributed by atoms with Crippen molar-refractivity contribution in [2.75, 3.05) is 167 Å². The lowest BCUT2D eigenvalue weighted by molar-refractivity contribution is -0.168. The number of benzene rings is 4. The Morgan fingerprint density at radius 3 is 0.802 bits per heavy atom. The van der Waals surface area contributed by atoms with Gasteiger partial charge in [-0.25, -0.2) is 0 Å². The Labute approximate surface area is 642 Å². The van der Waals surface area contributed by atoms with Gasteiger partial charge < -0.3 is 86.5 Å². The van der Waals surface area contributed by atoms with Crippen LogP contribution in [0.2, 0.25) is 0 Å². The van der Waals surface area contributed by atoms with Crippen LogP contribution in [0.4, 0.5) is 0 Å². The highest BCUT2D eigenvalue weighted by Gasteiger charge is 2.40. The molecular formula is C82H136O20P4. The molecule has 4 unspecified atom stereocenters. The first-order valence-electron chi connectivity index (χ1n) is 34.1. The van der Waals surface area contributed by atoms with Gasteiger partial charge in [0, 0.05) is 158 Å². The summed E-state index contributed by atoms with van der Waals surface area (Å²) in [6, 6.07) is 35.2. The molecular weight excluding hydrogens is 1430 g/mol. The van der Waals surface area contributed by atoms with E-state index in [2.05, 4.69) is 140 Å². The molecule has 0 saturated carbocycles. The maximum atomic E-state index is 12.6. The van der Waals surface area contributed by atoms with Crippen molar-refractivity contribution in [3.63, 3.8) is 0 Å². The van der Waals surface area contributed by atoms with Gasteiger partial charge in [-0.2, -0.15) is 0 Å². The molecule has 0 fully saturated rings. The summed E-state index contributed by atoms with van der Waals surface area (Å²) in [5, 5.41) is 0. The molecule has 0 saturated heterocycles. The van der Waals surface area contributed by atoms with E-state index in [0.717, 1.165) is 53.9 Å². The number of carbonyl (C=O) groups is 8. The number of hydrogen-bond acceptors (Lipinski definition) is 20. The third-order valence-corrected chi connectivity index (χ3v) is 24.1. The van der Waals surface area contributed by atoms with E-state index in [9.17, 15) is 38.4 Å². The Bertz CT molecular complexity index is 3170. The lowest BCUT2D eigenvalue weighted by Crippen LogP contribution is -2.39. The molecule has 4 rings (SSSR count). The van der Waals surface area contributed by atoms with Crippen molar-refractivity contribution in [3.05, 3.63) is 172 Å². The molecule has 4 aromatic carbocycles. The minimum atomic E-state index is -1.12. The van der Waals surface area contributed by atoms with Crippen molar-refractivity contribution >= 4 is 76.8 Å². The van der Waals surface area contributed by atoms with Crippen LogP contribution in [0.5, 0.6) is 0 Å².